The topological polar surface area (TPSA) is 37.4 Å². The maximum atomic E-state index is 12.5. The van der Waals surface area contributed by atoms with Crippen LogP contribution in [0.15, 0.2) is 0 Å². The highest BCUT2D eigenvalue weighted by Crippen LogP contribution is 2.66. The van der Waals surface area contributed by atoms with Crippen molar-refractivity contribution in [2.75, 3.05) is 0 Å². The Hall–Kier alpha value is -0.860. The van der Waals surface area contributed by atoms with Gasteiger partial charge in [-0.2, -0.15) is 0 Å². The van der Waals surface area contributed by atoms with E-state index < -0.39 is 5.41 Å². The second-order valence-electron chi connectivity index (χ2n) is 8.75. The normalized spacial score (nSPS) is 49.1. The van der Waals surface area contributed by atoms with E-state index in [9.17, 15) is 9.59 Å². The van der Waals surface area contributed by atoms with Crippen molar-refractivity contribution < 1.29 is 9.59 Å². The van der Waals surface area contributed by atoms with Gasteiger partial charge in [0.25, 0.3) is 0 Å². The first-order valence-electron chi connectivity index (χ1n) is 8.18. The summed E-state index contributed by atoms with van der Waals surface area (Å²) in [6.07, 6.45) is 3.84. The maximum absolute atomic E-state index is 12.5. The quantitative estimate of drug-likeness (QED) is 0.637. The molecule has 110 valence electrons. The van der Waals surface area contributed by atoms with Crippen molar-refractivity contribution in [3.8, 4) is 0 Å². The van der Waals surface area contributed by atoms with Crippen LogP contribution in [-0.4, -0.2) is 22.8 Å². The van der Waals surface area contributed by atoms with Crippen LogP contribution in [-0.2, 0) is 9.59 Å². The molecule has 0 aromatic heterocycles. The van der Waals surface area contributed by atoms with Crippen LogP contribution in [0.25, 0.3) is 0 Å². The second-order valence-corrected chi connectivity index (χ2v) is 8.75. The lowest BCUT2D eigenvalue weighted by molar-refractivity contribution is -0.177. The van der Waals surface area contributed by atoms with E-state index in [-0.39, 0.29) is 23.8 Å². The molecule has 3 saturated carbocycles. The Morgan fingerprint density at radius 3 is 2.25 bits per heavy atom. The fourth-order valence-corrected chi connectivity index (χ4v) is 5.85. The van der Waals surface area contributed by atoms with Crippen molar-refractivity contribution in [1.29, 1.82) is 0 Å². The molecule has 3 heteroatoms. The molecule has 0 N–H and O–H groups in total. The molecule has 3 nitrogen and oxygen atoms in total. The van der Waals surface area contributed by atoms with Gasteiger partial charge >= 0.3 is 0 Å². The van der Waals surface area contributed by atoms with Crippen LogP contribution in [0.1, 0.15) is 47.0 Å². The van der Waals surface area contributed by atoms with Crippen molar-refractivity contribution in [3.63, 3.8) is 0 Å². The van der Waals surface area contributed by atoms with E-state index in [0.29, 0.717) is 11.8 Å². The standard InChI is InChI=1S/C17H25NO2/c1-8-5-9-10(6-8)12-7-11(9)13-14(12)18(15(13)19)16(20)17(2,3)4/h8-14H,5-7H2,1-4H3. The Bertz CT molecular complexity index is 492. The third kappa shape index (κ3) is 1.37. The minimum atomic E-state index is -0.440. The monoisotopic (exact) mass is 275 g/mol. The van der Waals surface area contributed by atoms with E-state index in [1.54, 1.807) is 4.90 Å². The van der Waals surface area contributed by atoms with Gasteiger partial charge in [-0.15, -0.1) is 0 Å². The molecule has 2 bridgehead atoms. The van der Waals surface area contributed by atoms with E-state index in [1.807, 2.05) is 20.8 Å². The molecule has 1 heterocycles. The van der Waals surface area contributed by atoms with E-state index in [1.165, 1.54) is 19.3 Å². The first-order chi connectivity index (χ1) is 9.30. The molecule has 2 amide bonds. The lowest BCUT2D eigenvalue weighted by atomic mass is 9.67. The SMILES string of the molecule is CC1CC2C(C1)C1CC2C2C(=O)N(C(=O)C(C)(C)C)C12. The van der Waals surface area contributed by atoms with Crippen LogP contribution < -0.4 is 0 Å². The number of carbonyl (C=O) groups excluding carboxylic acids is 2. The van der Waals surface area contributed by atoms with Gasteiger partial charge in [-0.3, -0.25) is 14.5 Å². The largest absolute Gasteiger partial charge is 0.278 e. The van der Waals surface area contributed by atoms with E-state index in [2.05, 4.69) is 6.92 Å². The number of fused-ring (bicyclic) bond motifs is 8. The predicted octanol–water partition coefficient (Wildman–Crippen LogP) is 2.70. The Labute approximate surface area is 121 Å². The molecule has 7 unspecified atom stereocenters. The molecule has 4 rings (SSSR count). The highest BCUT2D eigenvalue weighted by Gasteiger charge is 2.70. The average Bonchev–Trinajstić information content (AvgIpc) is 2.94. The molecule has 1 aliphatic heterocycles. The number of amides is 2. The summed E-state index contributed by atoms with van der Waals surface area (Å²) in [7, 11) is 0. The van der Waals surface area contributed by atoms with Crippen LogP contribution in [0.3, 0.4) is 0 Å². The fourth-order valence-electron chi connectivity index (χ4n) is 5.85. The van der Waals surface area contributed by atoms with Gasteiger partial charge in [0, 0.05) is 5.41 Å². The summed E-state index contributed by atoms with van der Waals surface area (Å²) in [6.45, 7) is 8.11. The van der Waals surface area contributed by atoms with Gasteiger partial charge in [0.15, 0.2) is 0 Å². The minimum Gasteiger partial charge on any atom is -0.278 e. The second kappa shape index (κ2) is 3.66. The van der Waals surface area contributed by atoms with Gasteiger partial charge in [0.05, 0.1) is 12.0 Å². The number of carbonyl (C=O) groups is 2. The summed E-state index contributed by atoms with van der Waals surface area (Å²) >= 11 is 0. The van der Waals surface area contributed by atoms with Crippen molar-refractivity contribution in [1.82, 2.24) is 4.90 Å². The summed E-state index contributed by atoms with van der Waals surface area (Å²) in [5.41, 5.74) is -0.440. The Morgan fingerprint density at radius 1 is 1.05 bits per heavy atom. The first-order valence-corrected chi connectivity index (χ1v) is 8.18. The number of β-lactam (4-membered cyclic amide) rings is 1. The van der Waals surface area contributed by atoms with Gasteiger partial charge in [-0.25, -0.2) is 0 Å². The highest BCUT2D eigenvalue weighted by molar-refractivity contribution is 6.04. The van der Waals surface area contributed by atoms with Crippen LogP contribution >= 0.6 is 0 Å². The molecular formula is C17H25NO2. The lowest BCUT2D eigenvalue weighted by Crippen LogP contribution is -2.68. The molecule has 4 fully saturated rings. The van der Waals surface area contributed by atoms with Crippen molar-refractivity contribution >= 4 is 11.8 Å². The Balaban J connectivity index is 1.62. The molecular weight excluding hydrogens is 250 g/mol. The third-order valence-electron chi connectivity index (χ3n) is 6.49. The van der Waals surface area contributed by atoms with Gasteiger partial charge in [-0.1, -0.05) is 27.7 Å². The highest BCUT2D eigenvalue weighted by atomic mass is 16.2. The van der Waals surface area contributed by atoms with Gasteiger partial charge in [0.1, 0.15) is 0 Å². The third-order valence-corrected chi connectivity index (χ3v) is 6.49. The summed E-state index contributed by atoms with van der Waals surface area (Å²) < 4.78 is 0. The maximum Gasteiger partial charge on any atom is 0.234 e. The number of hydrogen-bond donors (Lipinski definition) is 0. The molecule has 4 aliphatic rings. The molecule has 0 radical (unpaired) electrons. The molecule has 0 aromatic carbocycles. The lowest BCUT2D eigenvalue weighted by Gasteiger charge is -2.52. The van der Waals surface area contributed by atoms with E-state index in [4.69, 9.17) is 0 Å². The Kier molecular flexibility index (Phi) is 2.35. The minimum absolute atomic E-state index is 0.0406. The Morgan fingerprint density at radius 2 is 1.65 bits per heavy atom. The average molecular weight is 275 g/mol. The van der Waals surface area contributed by atoms with Gasteiger partial charge < -0.3 is 0 Å². The first kappa shape index (κ1) is 12.8. The molecule has 0 spiro atoms. The summed E-state index contributed by atoms with van der Waals surface area (Å²) in [5, 5.41) is 0. The fraction of sp³-hybridized carbons (Fsp3) is 0.882. The number of hydrogen-bond acceptors (Lipinski definition) is 2. The van der Waals surface area contributed by atoms with E-state index in [0.717, 1.165) is 17.8 Å². The molecule has 20 heavy (non-hydrogen) atoms. The van der Waals surface area contributed by atoms with Gasteiger partial charge in [-0.05, 0) is 48.9 Å². The van der Waals surface area contributed by atoms with Gasteiger partial charge in [0.2, 0.25) is 11.8 Å². The smallest absolute Gasteiger partial charge is 0.234 e. The predicted molar refractivity (Wildman–Crippen MR) is 75.6 cm³/mol. The van der Waals surface area contributed by atoms with Crippen molar-refractivity contribution in [2.24, 2.45) is 40.9 Å². The van der Waals surface area contributed by atoms with Crippen molar-refractivity contribution in [3.05, 3.63) is 0 Å². The molecule has 3 aliphatic carbocycles. The number of imide groups is 1. The molecule has 7 atom stereocenters. The number of likely N-dealkylation sites (tertiary alicyclic amines) is 1. The summed E-state index contributed by atoms with van der Waals surface area (Å²) in [5.74, 6) is 3.97. The van der Waals surface area contributed by atoms with Crippen molar-refractivity contribution in [2.45, 2.75) is 53.0 Å². The number of nitrogens with zero attached hydrogens (tertiary/aromatic N) is 1. The van der Waals surface area contributed by atoms with Crippen LogP contribution in [0, 0.1) is 40.9 Å². The van der Waals surface area contributed by atoms with Crippen LogP contribution in [0.5, 0.6) is 0 Å². The molecule has 1 saturated heterocycles. The molecule has 0 aromatic rings. The number of rotatable bonds is 0. The van der Waals surface area contributed by atoms with Crippen LogP contribution in [0.4, 0.5) is 0 Å². The zero-order chi connectivity index (χ0) is 14.4. The summed E-state index contributed by atoms with van der Waals surface area (Å²) in [6, 6.07) is 0.255. The zero-order valence-corrected chi connectivity index (χ0v) is 12.9. The summed E-state index contributed by atoms with van der Waals surface area (Å²) in [4.78, 5) is 26.7. The van der Waals surface area contributed by atoms with E-state index >= 15 is 0 Å². The van der Waals surface area contributed by atoms with Crippen LogP contribution in [0.2, 0.25) is 0 Å². The zero-order valence-electron chi connectivity index (χ0n) is 12.9.